The number of likely N-dealkylation sites (N-methyl/N-ethyl adjacent to an activating group) is 1. The van der Waals surface area contributed by atoms with Crippen LogP contribution in [0, 0.1) is 0 Å². The maximum absolute atomic E-state index is 12.0. The van der Waals surface area contributed by atoms with E-state index in [0.717, 1.165) is 6.54 Å². The minimum atomic E-state index is -3.30. The Hall–Kier alpha value is -0.210. The van der Waals surface area contributed by atoms with Crippen molar-refractivity contribution in [2.24, 2.45) is 0 Å². The molecule has 18 heavy (non-hydrogen) atoms. The van der Waals surface area contributed by atoms with Gasteiger partial charge in [-0.25, -0.2) is 12.7 Å². The van der Waals surface area contributed by atoms with E-state index in [4.69, 9.17) is 4.74 Å². The van der Waals surface area contributed by atoms with E-state index in [1.807, 2.05) is 6.92 Å². The van der Waals surface area contributed by atoms with Crippen LogP contribution in [0.3, 0.4) is 0 Å². The van der Waals surface area contributed by atoms with Crippen molar-refractivity contribution in [3.8, 4) is 0 Å². The van der Waals surface area contributed by atoms with E-state index in [9.17, 15) is 13.5 Å². The van der Waals surface area contributed by atoms with Gasteiger partial charge in [0.1, 0.15) is 0 Å². The van der Waals surface area contributed by atoms with Gasteiger partial charge in [-0.3, -0.25) is 0 Å². The van der Waals surface area contributed by atoms with Gasteiger partial charge in [-0.15, -0.1) is 0 Å². The number of sulfonamides is 1. The smallest absolute Gasteiger partial charge is 0.215 e. The average Bonchev–Trinajstić information content (AvgIpc) is 2.29. The molecule has 1 heterocycles. The van der Waals surface area contributed by atoms with Gasteiger partial charge in [-0.2, -0.15) is 0 Å². The number of hydrogen-bond acceptors (Lipinski definition) is 5. The first-order chi connectivity index (χ1) is 8.40. The molecule has 7 heteroatoms. The molecule has 0 saturated carbocycles. The second kappa shape index (κ2) is 6.81. The van der Waals surface area contributed by atoms with E-state index < -0.39 is 15.6 Å². The number of rotatable bonds is 7. The van der Waals surface area contributed by atoms with Crippen LogP contribution < -0.4 is 5.32 Å². The van der Waals surface area contributed by atoms with Crippen LogP contribution in [0.25, 0.3) is 0 Å². The fourth-order valence-electron chi connectivity index (χ4n) is 1.96. The molecule has 0 aliphatic carbocycles. The van der Waals surface area contributed by atoms with Crippen molar-refractivity contribution in [1.29, 1.82) is 0 Å². The van der Waals surface area contributed by atoms with Crippen molar-refractivity contribution in [2.45, 2.75) is 25.4 Å². The van der Waals surface area contributed by atoms with Gasteiger partial charge in [0.2, 0.25) is 10.0 Å². The second-order valence-electron chi connectivity index (χ2n) is 4.76. The van der Waals surface area contributed by atoms with Crippen LogP contribution in [0.5, 0.6) is 0 Å². The maximum atomic E-state index is 12.0. The highest BCUT2D eigenvalue weighted by atomic mass is 32.2. The number of nitrogens with zero attached hydrogens (tertiary/aromatic N) is 1. The molecule has 0 bridgehead atoms. The quantitative estimate of drug-likeness (QED) is 0.609. The zero-order valence-electron chi connectivity index (χ0n) is 11.2. The summed E-state index contributed by atoms with van der Waals surface area (Å²) in [5, 5.41) is 13.3. The van der Waals surface area contributed by atoms with E-state index >= 15 is 0 Å². The van der Waals surface area contributed by atoms with Crippen LogP contribution in [0.15, 0.2) is 0 Å². The molecular weight excluding hydrogens is 256 g/mol. The third-order valence-electron chi connectivity index (χ3n) is 3.20. The second-order valence-corrected chi connectivity index (χ2v) is 6.96. The Morgan fingerprint density at radius 2 is 2.00 bits per heavy atom. The Morgan fingerprint density at radius 3 is 2.56 bits per heavy atom. The first-order valence-electron chi connectivity index (χ1n) is 6.34. The van der Waals surface area contributed by atoms with Crippen LogP contribution in [-0.2, 0) is 14.8 Å². The fourth-order valence-corrected chi connectivity index (χ4v) is 3.11. The molecule has 1 saturated heterocycles. The largest absolute Gasteiger partial charge is 0.388 e. The van der Waals surface area contributed by atoms with Gasteiger partial charge in [-0.1, -0.05) is 6.92 Å². The lowest BCUT2D eigenvalue weighted by atomic mass is 9.95. The molecule has 0 amide bonds. The van der Waals surface area contributed by atoms with E-state index in [0.29, 0.717) is 32.6 Å². The molecule has 1 fully saturated rings. The molecule has 108 valence electrons. The van der Waals surface area contributed by atoms with Gasteiger partial charge in [0.05, 0.1) is 11.4 Å². The summed E-state index contributed by atoms with van der Waals surface area (Å²) < 4.78 is 30.4. The highest BCUT2D eigenvalue weighted by Gasteiger charge is 2.34. The Balaban J connectivity index is 2.49. The molecule has 2 N–H and O–H groups in total. The predicted octanol–water partition coefficient (Wildman–Crippen LogP) is -0.601. The zero-order chi connectivity index (χ0) is 13.6. The normalized spacial score (nSPS) is 20.2. The van der Waals surface area contributed by atoms with Crippen LogP contribution in [0.1, 0.15) is 19.8 Å². The van der Waals surface area contributed by atoms with Crippen molar-refractivity contribution in [3.63, 3.8) is 0 Å². The molecule has 0 aromatic heterocycles. The monoisotopic (exact) mass is 280 g/mol. The van der Waals surface area contributed by atoms with Crippen LogP contribution >= 0.6 is 0 Å². The minimum absolute atomic E-state index is 0.0594. The summed E-state index contributed by atoms with van der Waals surface area (Å²) in [6, 6.07) is 0. The Labute approximate surface area is 109 Å². The maximum Gasteiger partial charge on any atom is 0.215 e. The lowest BCUT2D eigenvalue weighted by molar-refractivity contribution is -0.0689. The lowest BCUT2D eigenvalue weighted by Crippen LogP contribution is -2.48. The first-order valence-corrected chi connectivity index (χ1v) is 7.95. The number of hydrogen-bond donors (Lipinski definition) is 2. The number of ether oxygens (including phenoxy) is 1. The molecular formula is C11H24N2O4S. The minimum Gasteiger partial charge on any atom is -0.388 e. The molecule has 0 aromatic carbocycles. The highest BCUT2D eigenvalue weighted by molar-refractivity contribution is 7.89. The van der Waals surface area contributed by atoms with Crippen molar-refractivity contribution in [2.75, 3.05) is 45.6 Å². The summed E-state index contributed by atoms with van der Waals surface area (Å²) in [6.07, 6.45) is 0.972. The van der Waals surface area contributed by atoms with Crippen LogP contribution in [0.4, 0.5) is 0 Å². The van der Waals surface area contributed by atoms with Gasteiger partial charge >= 0.3 is 0 Å². The predicted molar refractivity (Wildman–Crippen MR) is 70.0 cm³/mol. The van der Waals surface area contributed by atoms with Crippen molar-refractivity contribution >= 4 is 10.0 Å². The molecule has 1 rings (SSSR count). The van der Waals surface area contributed by atoms with E-state index in [2.05, 4.69) is 5.32 Å². The molecule has 0 spiro atoms. The summed E-state index contributed by atoms with van der Waals surface area (Å²) >= 11 is 0. The summed E-state index contributed by atoms with van der Waals surface area (Å²) in [7, 11) is -1.78. The van der Waals surface area contributed by atoms with Crippen molar-refractivity contribution in [3.05, 3.63) is 0 Å². The van der Waals surface area contributed by atoms with E-state index in [1.165, 1.54) is 11.4 Å². The summed E-state index contributed by atoms with van der Waals surface area (Å²) in [5.74, 6) is 0.0594. The third kappa shape index (κ3) is 4.81. The molecule has 6 nitrogen and oxygen atoms in total. The van der Waals surface area contributed by atoms with Crippen molar-refractivity contribution in [1.82, 2.24) is 9.62 Å². The highest BCUT2D eigenvalue weighted by Crippen LogP contribution is 2.22. The topological polar surface area (TPSA) is 78.9 Å². The van der Waals surface area contributed by atoms with Crippen LogP contribution in [-0.4, -0.2) is 69.1 Å². The summed E-state index contributed by atoms with van der Waals surface area (Å²) in [4.78, 5) is 0. The van der Waals surface area contributed by atoms with Gasteiger partial charge in [0.15, 0.2) is 0 Å². The molecule has 0 unspecified atom stereocenters. The molecule has 0 atom stereocenters. The Kier molecular flexibility index (Phi) is 6.00. The average molecular weight is 280 g/mol. The SMILES string of the molecule is CCNCCS(=O)(=O)N(C)CC1(O)CCOCC1. The van der Waals surface area contributed by atoms with Crippen molar-refractivity contribution < 1.29 is 18.3 Å². The zero-order valence-corrected chi connectivity index (χ0v) is 12.0. The summed E-state index contributed by atoms with van der Waals surface area (Å²) in [5.41, 5.74) is -0.946. The molecule has 0 aromatic rings. The van der Waals surface area contributed by atoms with Crippen LogP contribution in [0.2, 0.25) is 0 Å². The van der Waals surface area contributed by atoms with Gasteiger partial charge in [0.25, 0.3) is 0 Å². The summed E-state index contributed by atoms with van der Waals surface area (Å²) in [6.45, 7) is 4.24. The number of aliphatic hydroxyl groups is 1. The van der Waals surface area contributed by atoms with E-state index in [1.54, 1.807) is 0 Å². The van der Waals surface area contributed by atoms with Gasteiger partial charge in [-0.05, 0) is 6.54 Å². The van der Waals surface area contributed by atoms with Gasteiger partial charge < -0.3 is 15.2 Å². The Bertz CT molecular complexity index is 339. The molecule has 1 aliphatic rings. The standard InChI is InChI=1S/C11H24N2O4S/c1-3-12-6-9-18(15,16)13(2)10-11(14)4-7-17-8-5-11/h12,14H,3-10H2,1-2H3. The van der Waals surface area contributed by atoms with Gasteiger partial charge in [0, 0.05) is 46.2 Å². The lowest BCUT2D eigenvalue weighted by Gasteiger charge is -2.35. The third-order valence-corrected chi connectivity index (χ3v) is 5.00. The number of nitrogens with one attached hydrogen (secondary N) is 1. The first kappa shape index (κ1) is 15.8. The molecule has 0 radical (unpaired) electrons. The Morgan fingerprint density at radius 1 is 1.39 bits per heavy atom. The van der Waals surface area contributed by atoms with E-state index in [-0.39, 0.29) is 12.3 Å². The fraction of sp³-hybridized carbons (Fsp3) is 1.00. The molecule has 1 aliphatic heterocycles.